The number of carboxylic acids is 1. The van der Waals surface area contributed by atoms with E-state index in [-0.39, 0.29) is 17.2 Å². The number of hydrogen-bond acceptors (Lipinski definition) is 4. The van der Waals surface area contributed by atoms with Gasteiger partial charge in [-0.2, -0.15) is 0 Å². The molecule has 0 saturated heterocycles. The largest absolute Gasteiger partial charge is 0.478 e. The summed E-state index contributed by atoms with van der Waals surface area (Å²) in [5.74, 6) is -1.51. The second-order valence-electron chi connectivity index (χ2n) is 4.73. The van der Waals surface area contributed by atoms with Crippen molar-refractivity contribution in [2.75, 3.05) is 0 Å². The molecule has 0 spiro atoms. The number of rotatable bonds is 4. The highest BCUT2D eigenvalue weighted by atomic mass is 32.1. The standard InChI is InChI=1S/C15H16N2O3S/c1-8-13(21-10(3)16-8)9(2)17-14(18)11-6-4-5-7-12(11)15(19)20/h4-7,9H,1-3H3,(H,17,18)(H,19,20). The molecule has 0 aliphatic heterocycles. The van der Waals surface area contributed by atoms with Crippen LogP contribution < -0.4 is 5.32 Å². The zero-order valence-corrected chi connectivity index (χ0v) is 12.8. The van der Waals surface area contributed by atoms with E-state index in [1.807, 2.05) is 20.8 Å². The first-order valence-electron chi connectivity index (χ1n) is 6.47. The number of aryl methyl sites for hydroxylation is 2. The summed E-state index contributed by atoms with van der Waals surface area (Å²) in [5, 5.41) is 12.9. The van der Waals surface area contributed by atoms with Crippen LogP contribution in [0.3, 0.4) is 0 Å². The molecule has 0 aliphatic carbocycles. The molecule has 0 bridgehead atoms. The molecule has 1 amide bonds. The fraction of sp³-hybridized carbons (Fsp3) is 0.267. The second-order valence-corrected chi connectivity index (χ2v) is 5.96. The Labute approximate surface area is 126 Å². The third kappa shape index (κ3) is 3.28. The molecule has 2 rings (SSSR count). The minimum absolute atomic E-state index is 0.000549. The van der Waals surface area contributed by atoms with Crippen LogP contribution in [0, 0.1) is 13.8 Å². The van der Waals surface area contributed by atoms with Crippen LogP contribution in [0.2, 0.25) is 0 Å². The Balaban J connectivity index is 2.22. The van der Waals surface area contributed by atoms with Crippen molar-refractivity contribution in [3.8, 4) is 0 Å². The summed E-state index contributed by atoms with van der Waals surface area (Å²) in [5.41, 5.74) is 1.05. The minimum atomic E-state index is -1.11. The first-order chi connectivity index (χ1) is 9.90. The van der Waals surface area contributed by atoms with E-state index in [0.717, 1.165) is 15.6 Å². The molecule has 5 nitrogen and oxygen atoms in total. The summed E-state index contributed by atoms with van der Waals surface area (Å²) in [6, 6.07) is 5.96. The van der Waals surface area contributed by atoms with Crippen LogP contribution in [0.25, 0.3) is 0 Å². The van der Waals surface area contributed by atoms with Crippen LogP contribution in [0.4, 0.5) is 0 Å². The lowest BCUT2D eigenvalue weighted by molar-refractivity contribution is 0.0690. The summed E-state index contributed by atoms with van der Waals surface area (Å²) >= 11 is 1.53. The zero-order chi connectivity index (χ0) is 15.6. The Hall–Kier alpha value is -2.21. The maximum absolute atomic E-state index is 12.3. The van der Waals surface area contributed by atoms with E-state index < -0.39 is 11.9 Å². The molecular weight excluding hydrogens is 288 g/mol. The topological polar surface area (TPSA) is 79.3 Å². The van der Waals surface area contributed by atoms with Gasteiger partial charge in [-0.1, -0.05) is 12.1 Å². The summed E-state index contributed by atoms with van der Waals surface area (Å²) in [7, 11) is 0. The van der Waals surface area contributed by atoms with Gasteiger partial charge in [-0.05, 0) is 32.9 Å². The lowest BCUT2D eigenvalue weighted by Crippen LogP contribution is -2.28. The summed E-state index contributed by atoms with van der Waals surface area (Å²) in [6.45, 7) is 5.67. The van der Waals surface area contributed by atoms with E-state index in [2.05, 4.69) is 10.3 Å². The number of thiazole rings is 1. The molecule has 0 fully saturated rings. The van der Waals surface area contributed by atoms with Crippen LogP contribution >= 0.6 is 11.3 Å². The van der Waals surface area contributed by atoms with Gasteiger partial charge in [-0.25, -0.2) is 9.78 Å². The van der Waals surface area contributed by atoms with E-state index in [1.165, 1.54) is 23.5 Å². The SMILES string of the molecule is Cc1nc(C)c(C(C)NC(=O)c2ccccc2C(=O)O)s1. The maximum atomic E-state index is 12.3. The number of amides is 1. The number of carbonyl (C=O) groups excluding carboxylic acids is 1. The van der Waals surface area contributed by atoms with Crippen molar-refractivity contribution in [1.82, 2.24) is 10.3 Å². The molecule has 2 N–H and O–H groups in total. The summed E-state index contributed by atoms with van der Waals surface area (Å²) in [4.78, 5) is 28.7. The molecule has 6 heteroatoms. The van der Waals surface area contributed by atoms with Crippen molar-refractivity contribution >= 4 is 23.2 Å². The zero-order valence-electron chi connectivity index (χ0n) is 12.0. The van der Waals surface area contributed by atoms with Gasteiger partial charge in [-0.15, -0.1) is 11.3 Å². The number of nitrogens with one attached hydrogen (secondary N) is 1. The average molecular weight is 304 g/mol. The van der Waals surface area contributed by atoms with E-state index in [1.54, 1.807) is 12.1 Å². The third-order valence-electron chi connectivity index (χ3n) is 3.08. The highest BCUT2D eigenvalue weighted by molar-refractivity contribution is 7.11. The number of carbonyl (C=O) groups is 2. The van der Waals surface area contributed by atoms with Crippen molar-refractivity contribution in [1.29, 1.82) is 0 Å². The molecule has 0 saturated carbocycles. The van der Waals surface area contributed by atoms with E-state index in [0.29, 0.717) is 0 Å². The molecule has 1 heterocycles. The van der Waals surface area contributed by atoms with Crippen molar-refractivity contribution in [3.63, 3.8) is 0 Å². The first-order valence-corrected chi connectivity index (χ1v) is 7.29. The van der Waals surface area contributed by atoms with Crippen molar-refractivity contribution in [2.24, 2.45) is 0 Å². The predicted octanol–water partition coefficient (Wildman–Crippen LogP) is 2.95. The van der Waals surface area contributed by atoms with Crippen LogP contribution in [0.15, 0.2) is 24.3 Å². The fourth-order valence-electron chi connectivity index (χ4n) is 2.16. The third-order valence-corrected chi connectivity index (χ3v) is 4.34. The van der Waals surface area contributed by atoms with Gasteiger partial charge < -0.3 is 10.4 Å². The van der Waals surface area contributed by atoms with Gasteiger partial charge in [0, 0.05) is 4.88 Å². The van der Waals surface area contributed by atoms with Gasteiger partial charge in [0.2, 0.25) is 0 Å². The number of hydrogen-bond donors (Lipinski definition) is 2. The summed E-state index contributed by atoms with van der Waals surface area (Å²) in [6.07, 6.45) is 0. The molecular formula is C15H16N2O3S. The predicted molar refractivity (Wildman–Crippen MR) is 80.9 cm³/mol. The van der Waals surface area contributed by atoms with Crippen molar-refractivity contribution < 1.29 is 14.7 Å². The fourth-order valence-corrected chi connectivity index (χ4v) is 3.09. The molecule has 1 aromatic heterocycles. The van der Waals surface area contributed by atoms with Crippen LogP contribution in [0.1, 0.15) is 49.3 Å². The monoisotopic (exact) mass is 304 g/mol. The molecule has 110 valence electrons. The van der Waals surface area contributed by atoms with Gasteiger partial charge >= 0.3 is 5.97 Å². The van der Waals surface area contributed by atoms with Crippen LogP contribution in [-0.4, -0.2) is 22.0 Å². The number of carboxylic acid groups (broad SMARTS) is 1. The van der Waals surface area contributed by atoms with Crippen LogP contribution in [0.5, 0.6) is 0 Å². The lowest BCUT2D eigenvalue weighted by atomic mass is 10.1. The molecule has 21 heavy (non-hydrogen) atoms. The number of aromatic nitrogens is 1. The van der Waals surface area contributed by atoms with Gasteiger partial charge in [0.05, 0.1) is 27.9 Å². The summed E-state index contributed by atoms with van der Waals surface area (Å²) < 4.78 is 0. The average Bonchev–Trinajstić information content (AvgIpc) is 2.77. The molecule has 1 aromatic carbocycles. The second kappa shape index (κ2) is 6.05. The van der Waals surface area contributed by atoms with Crippen molar-refractivity contribution in [2.45, 2.75) is 26.8 Å². The van der Waals surface area contributed by atoms with Crippen molar-refractivity contribution in [3.05, 3.63) is 51.0 Å². The Kier molecular flexibility index (Phi) is 4.37. The molecule has 0 aliphatic rings. The van der Waals surface area contributed by atoms with E-state index >= 15 is 0 Å². The highest BCUT2D eigenvalue weighted by Gasteiger charge is 2.20. The first kappa shape index (κ1) is 15.2. The normalized spacial score (nSPS) is 12.0. The minimum Gasteiger partial charge on any atom is -0.478 e. The van der Waals surface area contributed by atoms with Crippen LogP contribution in [-0.2, 0) is 0 Å². The molecule has 1 unspecified atom stereocenters. The van der Waals surface area contributed by atoms with Gasteiger partial charge in [0.1, 0.15) is 0 Å². The number of aromatic carboxylic acids is 1. The van der Waals surface area contributed by atoms with Gasteiger partial charge in [0.25, 0.3) is 5.91 Å². The highest BCUT2D eigenvalue weighted by Crippen LogP contribution is 2.24. The molecule has 2 aromatic rings. The quantitative estimate of drug-likeness (QED) is 0.910. The van der Waals surface area contributed by atoms with E-state index in [4.69, 9.17) is 5.11 Å². The Morgan fingerprint density at radius 2 is 1.86 bits per heavy atom. The molecule has 0 radical (unpaired) electrons. The smallest absolute Gasteiger partial charge is 0.336 e. The maximum Gasteiger partial charge on any atom is 0.336 e. The lowest BCUT2D eigenvalue weighted by Gasteiger charge is -2.14. The Morgan fingerprint density at radius 3 is 2.38 bits per heavy atom. The van der Waals surface area contributed by atoms with Gasteiger partial charge in [-0.3, -0.25) is 4.79 Å². The number of nitrogens with zero attached hydrogens (tertiary/aromatic N) is 1. The van der Waals surface area contributed by atoms with E-state index in [9.17, 15) is 9.59 Å². The Morgan fingerprint density at radius 1 is 1.24 bits per heavy atom. The molecule has 1 atom stereocenters. The number of benzene rings is 1. The van der Waals surface area contributed by atoms with Gasteiger partial charge in [0.15, 0.2) is 0 Å². The Bertz CT molecular complexity index is 694.